The van der Waals surface area contributed by atoms with Gasteiger partial charge in [0.25, 0.3) is 5.56 Å². The highest BCUT2D eigenvalue weighted by atomic mass is 19.4. The van der Waals surface area contributed by atoms with Crippen molar-refractivity contribution < 1.29 is 22.7 Å². The number of nitrogens with zero attached hydrogens (tertiary/aromatic N) is 2. The van der Waals surface area contributed by atoms with E-state index in [1.807, 2.05) is 4.90 Å². The maximum Gasteiger partial charge on any atom is 0.431 e. The molecule has 2 rings (SSSR count). The Hall–Kier alpha value is -1.67. The van der Waals surface area contributed by atoms with E-state index in [1.54, 1.807) is 14.0 Å². The van der Waals surface area contributed by atoms with Crippen molar-refractivity contribution in [3.63, 3.8) is 0 Å². The second kappa shape index (κ2) is 6.84. The van der Waals surface area contributed by atoms with Gasteiger partial charge in [0.15, 0.2) is 5.78 Å². The van der Waals surface area contributed by atoms with Gasteiger partial charge in [0.2, 0.25) is 0 Å². The molecule has 23 heavy (non-hydrogen) atoms. The molecule has 1 saturated heterocycles. The number of Topliss-reactive ketones (excluding diaryl/α,β-unsaturated/α-hetero) is 1. The van der Waals surface area contributed by atoms with E-state index in [1.165, 1.54) is 0 Å². The zero-order chi connectivity index (χ0) is 17.2. The Morgan fingerprint density at radius 3 is 2.48 bits per heavy atom. The molecular weight excluding hydrogens is 313 g/mol. The molecule has 0 bridgehead atoms. The number of rotatable bonds is 6. The summed E-state index contributed by atoms with van der Waals surface area (Å²) in [6.45, 7) is 3.00. The molecule has 1 aromatic rings. The number of pyridine rings is 1. The lowest BCUT2D eigenvalue weighted by molar-refractivity contribution is -0.144. The van der Waals surface area contributed by atoms with E-state index in [2.05, 4.69) is 0 Å². The van der Waals surface area contributed by atoms with Crippen LogP contribution in [0.5, 0.6) is 0 Å². The van der Waals surface area contributed by atoms with E-state index in [9.17, 15) is 22.8 Å². The summed E-state index contributed by atoms with van der Waals surface area (Å²) in [5.74, 6) is -0.458. The topological polar surface area (TPSA) is 51.5 Å². The predicted octanol–water partition coefficient (Wildman–Crippen LogP) is 1.79. The van der Waals surface area contributed by atoms with Crippen molar-refractivity contribution in [1.29, 1.82) is 0 Å². The minimum atomic E-state index is -4.64. The van der Waals surface area contributed by atoms with E-state index in [-0.39, 0.29) is 24.6 Å². The molecule has 1 fully saturated rings. The number of ether oxygens (including phenoxy) is 1. The number of aromatic nitrogens is 1. The first-order chi connectivity index (χ1) is 10.8. The summed E-state index contributed by atoms with van der Waals surface area (Å²) in [4.78, 5) is 25.9. The van der Waals surface area contributed by atoms with Crippen LogP contribution in [0.1, 0.15) is 29.4 Å². The van der Waals surface area contributed by atoms with Gasteiger partial charge in [-0.15, -0.1) is 0 Å². The summed E-state index contributed by atoms with van der Waals surface area (Å²) in [5.41, 5.74) is -2.10. The summed E-state index contributed by atoms with van der Waals surface area (Å²) in [6.07, 6.45) is -4.49. The first-order valence-corrected chi connectivity index (χ1v) is 7.37. The Kier molecular flexibility index (Phi) is 5.26. The Bertz CT molecular complexity index is 634. The number of hydrogen-bond donors (Lipinski definition) is 0. The van der Waals surface area contributed by atoms with Crippen LogP contribution in [0.15, 0.2) is 16.9 Å². The average molecular weight is 332 g/mol. The van der Waals surface area contributed by atoms with E-state index in [0.29, 0.717) is 24.2 Å². The molecule has 0 saturated carbocycles. The molecule has 1 aliphatic heterocycles. The van der Waals surface area contributed by atoms with Crippen LogP contribution < -0.4 is 5.56 Å². The van der Waals surface area contributed by atoms with Crippen LogP contribution in [0.25, 0.3) is 0 Å². The second-order valence-electron chi connectivity index (χ2n) is 5.48. The van der Waals surface area contributed by atoms with Crippen molar-refractivity contribution >= 4 is 5.78 Å². The lowest BCUT2D eigenvalue weighted by atomic mass is 10.1. The zero-order valence-corrected chi connectivity index (χ0v) is 13.0. The third-order valence-electron chi connectivity index (χ3n) is 3.98. The van der Waals surface area contributed by atoms with Gasteiger partial charge in [0, 0.05) is 39.7 Å². The maximum absolute atomic E-state index is 13.1. The molecule has 0 aliphatic carbocycles. The lowest BCUT2D eigenvalue weighted by Crippen LogP contribution is -2.53. The Morgan fingerprint density at radius 2 is 1.96 bits per heavy atom. The van der Waals surface area contributed by atoms with Gasteiger partial charge in [-0.3, -0.25) is 14.5 Å². The number of alkyl halides is 3. The van der Waals surface area contributed by atoms with Crippen LogP contribution in [0.4, 0.5) is 13.2 Å². The number of halogens is 3. The lowest BCUT2D eigenvalue weighted by Gasteiger charge is -2.38. The van der Waals surface area contributed by atoms with Gasteiger partial charge in [-0.2, -0.15) is 13.2 Å². The molecule has 0 amide bonds. The van der Waals surface area contributed by atoms with Crippen LogP contribution in [0, 0.1) is 0 Å². The van der Waals surface area contributed by atoms with E-state index in [4.69, 9.17) is 4.74 Å². The maximum atomic E-state index is 13.1. The summed E-state index contributed by atoms with van der Waals surface area (Å²) in [7, 11) is 1.58. The molecule has 0 aromatic carbocycles. The molecule has 1 aromatic heterocycles. The van der Waals surface area contributed by atoms with Crippen LogP contribution in [0.3, 0.4) is 0 Å². The fourth-order valence-electron chi connectivity index (χ4n) is 2.55. The third-order valence-corrected chi connectivity index (χ3v) is 3.98. The van der Waals surface area contributed by atoms with E-state index in [0.717, 1.165) is 12.1 Å². The van der Waals surface area contributed by atoms with Crippen molar-refractivity contribution in [2.45, 2.75) is 32.2 Å². The van der Waals surface area contributed by atoms with Crippen molar-refractivity contribution in [1.82, 2.24) is 9.47 Å². The molecular formula is C15H19F3N2O3. The first kappa shape index (κ1) is 17.7. The molecule has 0 unspecified atom stereocenters. The van der Waals surface area contributed by atoms with Gasteiger partial charge in [-0.1, -0.05) is 6.92 Å². The molecule has 1 aliphatic rings. The quantitative estimate of drug-likeness (QED) is 0.746. The zero-order valence-electron chi connectivity index (χ0n) is 13.0. The van der Waals surface area contributed by atoms with Crippen LogP contribution in [0.2, 0.25) is 0 Å². The van der Waals surface area contributed by atoms with Crippen molar-refractivity contribution in [2.75, 3.05) is 26.7 Å². The Balaban J connectivity index is 2.26. The van der Waals surface area contributed by atoms with Gasteiger partial charge >= 0.3 is 6.18 Å². The summed E-state index contributed by atoms with van der Waals surface area (Å²) in [5, 5.41) is 0. The minimum absolute atomic E-state index is 0.0717. The molecule has 128 valence electrons. The summed E-state index contributed by atoms with van der Waals surface area (Å²) < 4.78 is 45.1. The molecule has 0 spiro atoms. The van der Waals surface area contributed by atoms with E-state index < -0.39 is 23.2 Å². The fraction of sp³-hybridized carbons (Fsp3) is 0.600. The number of carbonyl (C=O) groups is 1. The number of carbonyl (C=O) groups excluding carboxylic acids is 1. The van der Waals surface area contributed by atoms with Crippen LogP contribution in [-0.4, -0.2) is 48.1 Å². The summed E-state index contributed by atoms with van der Waals surface area (Å²) in [6, 6.07) is 1.77. The van der Waals surface area contributed by atoms with E-state index >= 15 is 0 Å². The third kappa shape index (κ3) is 3.81. The number of methoxy groups -OCH3 is 1. The SMILES string of the molecule is CCC(=O)c1ccc(C(F)(F)F)n(CCN2CC(OC)C2)c1=O. The molecule has 0 radical (unpaired) electrons. The Labute approximate surface area is 131 Å². The summed E-state index contributed by atoms with van der Waals surface area (Å²) >= 11 is 0. The van der Waals surface area contributed by atoms with Crippen LogP contribution >= 0.6 is 0 Å². The fourth-order valence-corrected chi connectivity index (χ4v) is 2.55. The van der Waals surface area contributed by atoms with Crippen LogP contribution in [-0.2, 0) is 17.5 Å². The standard InChI is InChI=1S/C15H19F3N2O3/c1-3-12(21)11-4-5-13(15(16,17)18)20(14(11)22)7-6-19-8-10(9-19)23-2/h4-5,10H,3,6-9H2,1-2H3. The second-order valence-corrected chi connectivity index (χ2v) is 5.48. The smallest absolute Gasteiger partial charge is 0.379 e. The molecule has 8 heteroatoms. The largest absolute Gasteiger partial charge is 0.431 e. The molecule has 0 N–H and O–H groups in total. The van der Waals surface area contributed by atoms with Gasteiger partial charge in [-0.05, 0) is 12.1 Å². The van der Waals surface area contributed by atoms with Gasteiger partial charge in [0.05, 0.1) is 11.7 Å². The number of hydrogen-bond acceptors (Lipinski definition) is 4. The van der Waals surface area contributed by atoms with Crippen molar-refractivity contribution in [2.24, 2.45) is 0 Å². The molecule has 2 heterocycles. The average Bonchev–Trinajstić information content (AvgIpc) is 2.45. The monoisotopic (exact) mass is 332 g/mol. The Morgan fingerprint density at radius 1 is 1.30 bits per heavy atom. The predicted molar refractivity (Wildman–Crippen MR) is 77.6 cm³/mol. The number of likely N-dealkylation sites (tertiary alicyclic amines) is 1. The van der Waals surface area contributed by atoms with Gasteiger partial charge in [0.1, 0.15) is 5.69 Å². The van der Waals surface area contributed by atoms with Gasteiger partial charge in [-0.25, -0.2) is 0 Å². The number of ketones is 1. The molecule has 5 nitrogen and oxygen atoms in total. The van der Waals surface area contributed by atoms with Crippen molar-refractivity contribution in [3.05, 3.63) is 33.7 Å². The minimum Gasteiger partial charge on any atom is -0.379 e. The highest BCUT2D eigenvalue weighted by molar-refractivity contribution is 5.95. The van der Waals surface area contributed by atoms with Gasteiger partial charge < -0.3 is 9.30 Å². The highest BCUT2D eigenvalue weighted by Crippen LogP contribution is 2.28. The molecule has 0 atom stereocenters. The first-order valence-electron chi connectivity index (χ1n) is 7.37. The highest BCUT2D eigenvalue weighted by Gasteiger charge is 2.35. The van der Waals surface area contributed by atoms with Crippen molar-refractivity contribution in [3.8, 4) is 0 Å². The normalized spacial score (nSPS) is 16.4.